The molecule has 0 saturated carbocycles. The van der Waals surface area contributed by atoms with Crippen LogP contribution in [0, 0.1) is 0 Å². The normalized spacial score (nSPS) is 12.1. The quantitative estimate of drug-likeness (QED) is 0.687. The van der Waals surface area contributed by atoms with Crippen LogP contribution in [0.4, 0.5) is 0 Å². The average Bonchev–Trinajstić information content (AvgIpc) is 2.72. The van der Waals surface area contributed by atoms with Gasteiger partial charge in [-0.15, -0.1) is 5.10 Å². The van der Waals surface area contributed by atoms with E-state index in [-0.39, 0.29) is 0 Å². The van der Waals surface area contributed by atoms with Crippen molar-refractivity contribution in [1.29, 1.82) is 0 Å². The topological polar surface area (TPSA) is 30.7 Å². The number of hydrogen-bond donors (Lipinski definition) is 0. The molecular formula is C13H21N3. The highest BCUT2D eigenvalue weighted by atomic mass is 15.4. The zero-order chi connectivity index (χ0) is 12.0. The lowest BCUT2D eigenvalue weighted by Gasteiger charge is -2.01. The zero-order valence-corrected chi connectivity index (χ0v) is 10.5. The second kappa shape index (κ2) is 6.26. The van der Waals surface area contributed by atoms with E-state index < -0.39 is 0 Å². The van der Waals surface area contributed by atoms with E-state index in [1.807, 2.05) is 17.0 Å². The highest BCUT2D eigenvalue weighted by Gasteiger charge is 2.04. The molecule has 0 bridgehead atoms. The van der Waals surface area contributed by atoms with Crippen molar-refractivity contribution in [2.75, 3.05) is 0 Å². The Balaban J connectivity index is 2.67. The summed E-state index contributed by atoms with van der Waals surface area (Å²) in [6.07, 6.45) is 8.36. The van der Waals surface area contributed by atoms with Crippen LogP contribution < -0.4 is 0 Å². The van der Waals surface area contributed by atoms with Gasteiger partial charge in [-0.1, -0.05) is 51.1 Å². The number of aromatic nitrogens is 3. The maximum Gasteiger partial charge on any atom is 0.0852 e. The van der Waals surface area contributed by atoms with E-state index >= 15 is 0 Å². The first-order chi connectivity index (χ1) is 7.67. The molecule has 0 spiro atoms. The van der Waals surface area contributed by atoms with Crippen molar-refractivity contribution in [1.82, 2.24) is 15.0 Å². The fourth-order valence-corrected chi connectivity index (χ4v) is 1.38. The molecule has 0 aliphatic carbocycles. The molecular weight excluding hydrogens is 198 g/mol. The fourth-order valence-electron chi connectivity index (χ4n) is 1.38. The van der Waals surface area contributed by atoms with E-state index in [2.05, 4.69) is 43.7 Å². The van der Waals surface area contributed by atoms with Gasteiger partial charge in [0.25, 0.3) is 0 Å². The Morgan fingerprint density at radius 1 is 1.56 bits per heavy atom. The minimum absolute atomic E-state index is 0.431. The van der Waals surface area contributed by atoms with E-state index in [0.717, 1.165) is 25.1 Å². The van der Waals surface area contributed by atoms with Crippen molar-refractivity contribution in [2.45, 2.75) is 46.1 Å². The molecule has 0 aromatic carbocycles. The highest BCUT2D eigenvalue weighted by Crippen LogP contribution is 2.10. The summed E-state index contributed by atoms with van der Waals surface area (Å²) in [6, 6.07) is 0. The first-order valence-electron chi connectivity index (χ1n) is 5.88. The van der Waals surface area contributed by atoms with Crippen LogP contribution in [-0.4, -0.2) is 15.0 Å². The summed E-state index contributed by atoms with van der Waals surface area (Å²) in [7, 11) is 0. The summed E-state index contributed by atoms with van der Waals surface area (Å²) in [6.45, 7) is 11.0. The molecule has 0 saturated heterocycles. The molecule has 16 heavy (non-hydrogen) atoms. The van der Waals surface area contributed by atoms with Gasteiger partial charge in [0.15, 0.2) is 0 Å². The Hall–Kier alpha value is -1.38. The molecule has 3 heteroatoms. The third-order valence-electron chi connectivity index (χ3n) is 2.45. The molecule has 0 atom stereocenters. The average molecular weight is 219 g/mol. The summed E-state index contributed by atoms with van der Waals surface area (Å²) in [5, 5.41) is 8.25. The number of unbranched alkanes of at least 4 members (excludes halogenated alkanes) is 1. The SMILES string of the molecule is C=C/C(=C\CCC)Cn1cc(C(C)C)nn1. The van der Waals surface area contributed by atoms with E-state index in [1.54, 1.807) is 0 Å². The Morgan fingerprint density at radius 3 is 2.81 bits per heavy atom. The maximum atomic E-state index is 4.13. The number of nitrogens with zero attached hydrogens (tertiary/aromatic N) is 3. The summed E-state index contributed by atoms with van der Waals surface area (Å²) >= 11 is 0. The van der Waals surface area contributed by atoms with E-state index in [0.29, 0.717) is 5.92 Å². The molecule has 3 nitrogen and oxygen atoms in total. The molecule has 0 radical (unpaired) electrons. The third-order valence-corrected chi connectivity index (χ3v) is 2.45. The third kappa shape index (κ3) is 3.65. The minimum atomic E-state index is 0.431. The molecule has 1 aromatic rings. The van der Waals surface area contributed by atoms with Gasteiger partial charge in [0, 0.05) is 6.20 Å². The van der Waals surface area contributed by atoms with E-state index in [1.165, 1.54) is 5.57 Å². The highest BCUT2D eigenvalue weighted by molar-refractivity contribution is 5.16. The Bertz CT molecular complexity index is 361. The van der Waals surface area contributed by atoms with Gasteiger partial charge in [0.05, 0.1) is 12.2 Å². The molecule has 88 valence electrons. The summed E-state index contributed by atoms with van der Waals surface area (Å²) in [5.74, 6) is 0.431. The molecule has 0 unspecified atom stereocenters. The van der Waals surface area contributed by atoms with E-state index in [4.69, 9.17) is 0 Å². The van der Waals surface area contributed by atoms with Gasteiger partial charge < -0.3 is 0 Å². The van der Waals surface area contributed by atoms with Crippen molar-refractivity contribution in [2.24, 2.45) is 0 Å². The van der Waals surface area contributed by atoms with Crippen LogP contribution in [0.3, 0.4) is 0 Å². The summed E-state index contributed by atoms with van der Waals surface area (Å²) in [4.78, 5) is 0. The molecule has 0 fully saturated rings. The molecule has 1 aromatic heterocycles. The first-order valence-corrected chi connectivity index (χ1v) is 5.88. The number of hydrogen-bond acceptors (Lipinski definition) is 2. The fraction of sp³-hybridized carbons (Fsp3) is 0.538. The van der Waals surface area contributed by atoms with E-state index in [9.17, 15) is 0 Å². The Labute approximate surface area is 97.9 Å². The standard InChI is InChI=1S/C13H21N3/c1-5-7-8-12(6-2)9-16-10-13(11(3)4)14-15-16/h6,8,10-11H,2,5,7,9H2,1,3-4H3/b12-8+. The van der Waals surface area contributed by atoms with Crippen LogP contribution in [0.2, 0.25) is 0 Å². The Kier molecular flexibility index (Phi) is 4.96. The van der Waals surface area contributed by atoms with Gasteiger partial charge >= 0.3 is 0 Å². The summed E-state index contributed by atoms with van der Waals surface area (Å²) in [5.41, 5.74) is 2.25. The number of allylic oxidation sites excluding steroid dienone is 3. The maximum absolute atomic E-state index is 4.13. The lowest BCUT2D eigenvalue weighted by molar-refractivity contribution is 0.646. The lowest BCUT2D eigenvalue weighted by atomic mass is 10.1. The van der Waals surface area contributed by atoms with Gasteiger partial charge in [-0.3, -0.25) is 0 Å². The largest absolute Gasteiger partial charge is 0.248 e. The van der Waals surface area contributed by atoms with Gasteiger partial charge in [-0.05, 0) is 17.9 Å². The molecule has 0 aliphatic rings. The van der Waals surface area contributed by atoms with Crippen LogP contribution in [0.25, 0.3) is 0 Å². The van der Waals surface area contributed by atoms with Gasteiger partial charge in [-0.25, -0.2) is 4.68 Å². The molecule has 1 heterocycles. The number of rotatable bonds is 6. The van der Waals surface area contributed by atoms with Crippen molar-refractivity contribution in [3.8, 4) is 0 Å². The molecule has 1 rings (SSSR count). The first kappa shape index (κ1) is 12.7. The zero-order valence-electron chi connectivity index (χ0n) is 10.5. The second-order valence-corrected chi connectivity index (χ2v) is 4.27. The summed E-state index contributed by atoms with van der Waals surface area (Å²) < 4.78 is 1.87. The van der Waals surface area contributed by atoms with Crippen LogP contribution in [-0.2, 0) is 6.54 Å². The lowest BCUT2D eigenvalue weighted by Crippen LogP contribution is -2.00. The van der Waals surface area contributed by atoms with Crippen molar-refractivity contribution in [3.05, 3.63) is 36.2 Å². The van der Waals surface area contributed by atoms with Crippen molar-refractivity contribution in [3.63, 3.8) is 0 Å². The smallest absolute Gasteiger partial charge is 0.0852 e. The predicted octanol–water partition coefficient (Wildman–Crippen LogP) is 3.31. The van der Waals surface area contributed by atoms with Crippen LogP contribution in [0.15, 0.2) is 30.5 Å². The molecule has 0 amide bonds. The van der Waals surface area contributed by atoms with Crippen molar-refractivity contribution < 1.29 is 0 Å². The van der Waals surface area contributed by atoms with Gasteiger partial charge in [0.2, 0.25) is 0 Å². The second-order valence-electron chi connectivity index (χ2n) is 4.27. The van der Waals surface area contributed by atoms with Gasteiger partial charge in [0.1, 0.15) is 0 Å². The minimum Gasteiger partial charge on any atom is -0.248 e. The Morgan fingerprint density at radius 2 is 2.31 bits per heavy atom. The van der Waals surface area contributed by atoms with Crippen LogP contribution >= 0.6 is 0 Å². The van der Waals surface area contributed by atoms with Crippen LogP contribution in [0.1, 0.15) is 45.2 Å². The van der Waals surface area contributed by atoms with Crippen molar-refractivity contribution >= 4 is 0 Å². The van der Waals surface area contributed by atoms with Gasteiger partial charge in [-0.2, -0.15) is 0 Å². The van der Waals surface area contributed by atoms with Crippen LogP contribution in [0.5, 0.6) is 0 Å². The molecule has 0 N–H and O–H groups in total. The molecule has 0 aliphatic heterocycles. The predicted molar refractivity (Wildman–Crippen MR) is 67.3 cm³/mol. The monoisotopic (exact) mass is 219 g/mol.